The van der Waals surface area contributed by atoms with Crippen LogP contribution >= 0.6 is 11.6 Å². The molecule has 0 spiro atoms. The Morgan fingerprint density at radius 1 is 1.00 bits per heavy atom. The SMILES string of the molecule is O=C(CN1CCCCc2c(Cl)cccc21)N1CCN(C(=O)C2CC2)CC1. The first-order chi connectivity index (χ1) is 12.6. The molecule has 0 radical (unpaired) electrons. The van der Waals surface area contributed by atoms with Crippen LogP contribution in [-0.2, 0) is 16.0 Å². The van der Waals surface area contributed by atoms with Gasteiger partial charge < -0.3 is 14.7 Å². The predicted molar refractivity (Wildman–Crippen MR) is 102 cm³/mol. The number of hydrogen-bond acceptors (Lipinski definition) is 3. The summed E-state index contributed by atoms with van der Waals surface area (Å²) in [6.45, 7) is 3.91. The molecule has 2 heterocycles. The summed E-state index contributed by atoms with van der Waals surface area (Å²) in [7, 11) is 0. The van der Waals surface area contributed by atoms with Gasteiger partial charge in [-0.2, -0.15) is 0 Å². The van der Waals surface area contributed by atoms with Crippen LogP contribution in [-0.4, -0.2) is 60.9 Å². The Hall–Kier alpha value is -1.75. The van der Waals surface area contributed by atoms with Crippen LogP contribution in [0, 0.1) is 5.92 Å². The van der Waals surface area contributed by atoms with Crippen LogP contribution in [0.25, 0.3) is 0 Å². The molecule has 1 aromatic rings. The van der Waals surface area contributed by atoms with E-state index in [1.165, 1.54) is 5.56 Å². The average Bonchev–Trinajstić information content (AvgIpc) is 3.50. The van der Waals surface area contributed by atoms with Gasteiger partial charge in [0.15, 0.2) is 0 Å². The Kier molecular flexibility index (Phi) is 5.07. The van der Waals surface area contributed by atoms with Crippen molar-refractivity contribution in [1.82, 2.24) is 9.80 Å². The fourth-order valence-corrected chi connectivity index (χ4v) is 4.27. The fourth-order valence-electron chi connectivity index (χ4n) is 4.01. The zero-order valence-corrected chi connectivity index (χ0v) is 15.9. The van der Waals surface area contributed by atoms with Gasteiger partial charge >= 0.3 is 0 Å². The highest BCUT2D eigenvalue weighted by Crippen LogP contribution is 2.32. The van der Waals surface area contributed by atoms with E-state index in [0.717, 1.165) is 49.4 Å². The van der Waals surface area contributed by atoms with Gasteiger partial charge in [-0.1, -0.05) is 17.7 Å². The van der Waals surface area contributed by atoms with Gasteiger partial charge in [0.25, 0.3) is 0 Å². The van der Waals surface area contributed by atoms with Gasteiger partial charge in [0.1, 0.15) is 0 Å². The topological polar surface area (TPSA) is 43.9 Å². The molecule has 6 heteroatoms. The van der Waals surface area contributed by atoms with E-state index in [4.69, 9.17) is 11.6 Å². The molecule has 0 unspecified atom stereocenters. The Labute approximate surface area is 159 Å². The molecule has 1 aliphatic carbocycles. The van der Waals surface area contributed by atoms with E-state index in [-0.39, 0.29) is 17.7 Å². The maximum absolute atomic E-state index is 12.8. The van der Waals surface area contributed by atoms with Crippen molar-refractivity contribution >= 4 is 29.1 Å². The molecule has 0 aromatic heterocycles. The monoisotopic (exact) mass is 375 g/mol. The zero-order chi connectivity index (χ0) is 18.1. The smallest absolute Gasteiger partial charge is 0.242 e. The lowest BCUT2D eigenvalue weighted by molar-refractivity contribution is -0.139. The molecule has 0 bridgehead atoms. The molecular weight excluding hydrogens is 350 g/mol. The summed E-state index contributed by atoms with van der Waals surface area (Å²) in [4.78, 5) is 31.0. The highest BCUT2D eigenvalue weighted by atomic mass is 35.5. The maximum atomic E-state index is 12.8. The number of hydrogen-bond donors (Lipinski definition) is 0. The molecule has 140 valence electrons. The van der Waals surface area contributed by atoms with E-state index in [0.29, 0.717) is 32.7 Å². The van der Waals surface area contributed by atoms with E-state index in [9.17, 15) is 9.59 Å². The van der Waals surface area contributed by atoms with Crippen LogP contribution in [0.3, 0.4) is 0 Å². The summed E-state index contributed by atoms with van der Waals surface area (Å²) in [5, 5.41) is 0.800. The second-order valence-corrected chi connectivity index (χ2v) is 8.00. The second kappa shape index (κ2) is 7.47. The minimum atomic E-state index is 0.149. The minimum Gasteiger partial charge on any atom is -0.362 e. The molecule has 2 fully saturated rings. The van der Waals surface area contributed by atoms with E-state index in [2.05, 4.69) is 11.0 Å². The van der Waals surface area contributed by atoms with Gasteiger partial charge in [0, 0.05) is 49.4 Å². The van der Waals surface area contributed by atoms with Crippen molar-refractivity contribution in [3.63, 3.8) is 0 Å². The van der Waals surface area contributed by atoms with Crippen molar-refractivity contribution in [3.8, 4) is 0 Å². The van der Waals surface area contributed by atoms with Gasteiger partial charge in [0.2, 0.25) is 11.8 Å². The standard InChI is InChI=1S/C20H26ClN3O2/c21-17-5-3-6-18-16(17)4-1-2-9-24(18)14-19(25)22-10-12-23(13-11-22)20(26)15-7-8-15/h3,5-6,15H,1-2,4,7-14H2. The molecule has 1 saturated heterocycles. The normalized spacial score (nSPS) is 20.6. The van der Waals surface area contributed by atoms with Gasteiger partial charge in [-0.3, -0.25) is 9.59 Å². The first-order valence-corrected chi connectivity index (χ1v) is 10.1. The molecule has 1 aromatic carbocycles. The first-order valence-electron chi connectivity index (χ1n) is 9.72. The predicted octanol–water partition coefficient (Wildman–Crippen LogP) is 2.56. The van der Waals surface area contributed by atoms with Crippen LogP contribution in [0.4, 0.5) is 5.69 Å². The molecule has 1 saturated carbocycles. The summed E-state index contributed by atoms with van der Waals surface area (Å²) < 4.78 is 0. The largest absolute Gasteiger partial charge is 0.362 e. The molecular formula is C20H26ClN3O2. The summed E-state index contributed by atoms with van der Waals surface area (Å²) in [6.07, 6.45) is 5.22. The molecule has 2 amide bonds. The number of piperazine rings is 1. The summed E-state index contributed by atoms with van der Waals surface area (Å²) in [5.41, 5.74) is 2.27. The number of fused-ring (bicyclic) bond motifs is 1. The van der Waals surface area contributed by atoms with E-state index < -0.39 is 0 Å². The highest BCUT2D eigenvalue weighted by Gasteiger charge is 2.35. The van der Waals surface area contributed by atoms with Crippen molar-refractivity contribution in [2.24, 2.45) is 5.92 Å². The molecule has 0 N–H and O–H groups in total. The lowest BCUT2D eigenvalue weighted by Crippen LogP contribution is -2.53. The Morgan fingerprint density at radius 3 is 2.46 bits per heavy atom. The summed E-state index contributed by atoms with van der Waals surface area (Å²) >= 11 is 6.38. The van der Waals surface area contributed by atoms with Crippen molar-refractivity contribution in [2.75, 3.05) is 44.2 Å². The number of benzene rings is 1. The molecule has 26 heavy (non-hydrogen) atoms. The number of carbonyl (C=O) groups excluding carboxylic acids is 2. The quantitative estimate of drug-likeness (QED) is 0.815. The summed E-state index contributed by atoms with van der Waals surface area (Å²) in [5.74, 6) is 0.695. The number of carbonyl (C=O) groups is 2. The van der Waals surface area contributed by atoms with Gasteiger partial charge in [-0.15, -0.1) is 0 Å². The van der Waals surface area contributed by atoms with Crippen molar-refractivity contribution in [1.29, 1.82) is 0 Å². The zero-order valence-electron chi connectivity index (χ0n) is 15.1. The fraction of sp³-hybridized carbons (Fsp3) is 0.600. The molecule has 2 aliphatic heterocycles. The van der Waals surface area contributed by atoms with Crippen LogP contribution in [0.15, 0.2) is 18.2 Å². The number of nitrogens with zero attached hydrogens (tertiary/aromatic N) is 3. The Balaban J connectivity index is 1.38. The van der Waals surface area contributed by atoms with Crippen LogP contribution in [0.5, 0.6) is 0 Å². The second-order valence-electron chi connectivity index (χ2n) is 7.60. The first kappa shape index (κ1) is 17.7. The third-order valence-corrected chi connectivity index (χ3v) is 6.09. The number of rotatable bonds is 3. The van der Waals surface area contributed by atoms with E-state index in [1.54, 1.807) is 0 Å². The maximum Gasteiger partial charge on any atom is 0.242 e. The Morgan fingerprint density at radius 2 is 1.73 bits per heavy atom. The highest BCUT2D eigenvalue weighted by molar-refractivity contribution is 6.31. The Bertz CT molecular complexity index is 696. The van der Waals surface area contributed by atoms with Gasteiger partial charge in [0.05, 0.1) is 6.54 Å². The number of halogens is 1. The number of amides is 2. The van der Waals surface area contributed by atoms with Gasteiger partial charge in [-0.05, 0) is 49.8 Å². The van der Waals surface area contributed by atoms with Crippen LogP contribution in [0.1, 0.15) is 31.2 Å². The van der Waals surface area contributed by atoms with Crippen molar-refractivity contribution in [2.45, 2.75) is 32.1 Å². The van der Waals surface area contributed by atoms with Crippen molar-refractivity contribution in [3.05, 3.63) is 28.8 Å². The average molecular weight is 376 g/mol. The number of anilines is 1. The third kappa shape index (κ3) is 3.68. The summed E-state index contributed by atoms with van der Waals surface area (Å²) in [6, 6.07) is 5.97. The lowest BCUT2D eigenvalue weighted by Gasteiger charge is -2.36. The minimum absolute atomic E-state index is 0.149. The lowest BCUT2D eigenvalue weighted by atomic mass is 10.1. The third-order valence-electron chi connectivity index (χ3n) is 5.74. The molecule has 3 aliphatic rings. The van der Waals surface area contributed by atoms with Crippen LogP contribution < -0.4 is 4.90 Å². The van der Waals surface area contributed by atoms with E-state index >= 15 is 0 Å². The molecule has 0 atom stereocenters. The van der Waals surface area contributed by atoms with Gasteiger partial charge in [-0.25, -0.2) is 0 Å². The van der Waals surface area contributed by atoms with Crippen LogP contribution in [0.2, 0.25) is 5.02 Å². The molecule has 5 nitrogen and oxygen atoms in total. The van der Waals surface area contributed by atoms with Crippen molar-refractivity contribution < 1.29 is 9.59 Å². The molecule has 4 rings (SSSR count). The van der Waals surface area contributed by atoms with E-state index in [1.807, 2.05) is 21.9 Å².